The largest absolute Gasteiger partial charge is 0.480 e. The van der Waals surface area contributed by atoms with Crippen molar-refractivity contribution in [2.24, 2.45) is 11.7 Å². The normalized spacial score (nSPS) is 13.3. The van der Waals surface area contributed by atoms with Gasteiger partial charge in [0.05, 0.1) is 13.0 Å². The molecule has 238 valence electrons. The molecule has 1 aromatic heterocycles. The molecule has 0 aliphatic heterocycles. The summed E-state index contributed by atoms with van der Waals surface area (Å²) in [6, 6.07) is 4.28. The third kappa shape index (κ3) is 13.0. The predicted octanol–water partition coefficient (Wildman–Crippen LogP) is 1.46. The first kappa shape index (κ1) is 35.4. The van der Waals surface area contributed by atoms with E-state index in [0.717, 1.165) is 42.8 Å². The molecule has 0 spiro atoms. The molecule has 43 heavy (non-hydrogen) atoms. The van der Waals surface area contributed by atoms with E-state index in [1.165, 1.54) is 0 Å². The number of carbonyl (C=O) groups is 4. The van der Waals surface area contributed by atoms with Crippen molar-refractivity contribution in [3.63, 3.8) is 0 Å². The minimum atomic E-state index is -1.28. The number of carboxylic acid groups (broad SMARTS) is 1. The van der Waals surface area contributed by atoms with Gasteiger partial charge in [0.2, 0.25) is 17.7 Å². The first-order valence-corrected chi connectivity index (χ1v) is 15.0. The highest BCUT2D eigenvalue weighted by atomic mass is 16.4. The highest BCUT2D eigenvalue weighted by Crippen LogP contribution is 2.11. The molecule has 1 aromatic carbocycles. The number of aryl methyl sites for hydroxylation is 3. The zero-order valence-electron chi connectivity index (χ0n) is 25.6. The number of hydrogen-bond donors (Lipinski definition) is 6. The second-order valence-electron chi connectivity index (χ2n) is 11.3. The number of aliphatic hydroxyl groups excluding tert-OH is 1. The Morgan fingerprint density at radius 1 is 0.907 bits per heavy atom. The zero-order valence-corrected chi connectivity index (χ0v) is 25.6. The second kappa shape index (κ2) is 18.7. The average Bonchev–Trinajstić information content (AvgIpc) is 3.37. The van der Waals surface area contributed by atoms with Crippen LogP contribution in [0.1, 0.15) is 69.3 Å². The first-order valence-electron chi connectivity index (χ1n) is 15.0. The number of carbonyl (C=O) groups excluding carboxylic acids is 3. The lowest BCUT2D eigenvalue weighted by atomic mass is 10.0. The van der Waals surface area contributed by atoms with Crippen molar-refractivity contribution in [1.29, 1.82) is 0 Å². The Kier molecular flexibility index (Phi) is 15.4. The molecule has 0 aliphatic carbocycles. The maximum atomic E-state index is 13.0. The Morgan fingerprint density at radius 3 is 2.14 bits per heavy atom. The number of aliphatic carboxylic acids is 1. The highest BCUT2D eigenvalue weighted by Gasteiger charge is 2.29. The van der Waals surface area contributed by atoms with Crippen LogP contribution in [0.5, 0.6) is 0 Å². The molecule has 0 radical (unpaired) electrons. The fourth-order valence-electron chi connectivity index (χ4n) is 4.70. The van der Waals surface area contributed by atoms with Gasteiger partial charge in [-0.3, -0.25) is 14.4 Å². The van der Waals surface area contributed by atoms with Crippen molar-refractivity contribution in [3.8, 4) is 0 Å². The van der Waals surface area contributed by atoms with Crippen LogP contribution in [0.3, 0.4) is 0 Å². The Hall–Kier alpha value is -3.77. The molecule has 3 amide bonds. The molecule has 2 aromatic rings. The Labute approximate surface area is 253 Å². The number of amides is 3. The van der Waals surface area contributed by atoms with Crippen molar-refractivity contribution in [3.05, 3.63) is 53.6 Å². The maximum absolute atomic E-state index is 13.0. The van der Waals surface area contributed by atoms with Crippen molar-refractivity contribution in [1.82, 2.24) is 25.5 Å². The van der Waals surface area contributed by atoms with Crippen LogP contribution in [0.2, 0.25) is 0 Å². The van der Waals surface area contributed by atoms with E-state index in [1.54, 1.807) is 6.20 Å². The lowest BCUT2D eigenvalue weighted by Gasteiger charge is -2.24. The minimum absolute atomic E-state index is 0.0138. The van der Waals surface area contributed by atoms with Gasteiger partial charge in [0.25, 0.3) is 0 Å². The van der Waals surface area contributed by atoms with Crippen LogP contribution in [0.15, 0.2) is 36.7 Å². The number of hydrogen-bond acceptors (Lipinski definition) is 7. The lowest BCUT2D eigenvalue weighted by molar-refractivity contribution is -0.142. The molecule has 2 rings (SSSR count). The number of aromatic nitrogens is 2. The molecule has 0 fully saturated rings. The number of carboxylic acids is 1. The topological polar surface area (TPSA) is 189 Å². The Balaban J connectivity index is 1.90. The number of aliphatic hydroxyl groups is 1. The van der Waals surface area contributed by atoms with Gasteiger partial charge in [0, 0.05) is 18.9 Å². The second-order valence-corrected chi connectivity index (χ2v) is 11.3. The third-order valence-corrected chi connectivity index (χ3v) is 7.16. The van der Waals surface area contributed by atoms with Gasteiger partial charge >= 0.3 is 5.97 Å². The number of unbranched alkanes of at least 4 members (excludes halogenated alkanes) is 2. The van der Waals surface area contributed by atoms with E-state index in [0.29, 0.717) is 19.4 Å². The van der Waals surface area contributed by atoms with Crippen LogP contribution in [-0.2, 0) is 38.6 Å². The number of nitrogens with one attached hydrogen (secondary N) is 3. The van der Waals surface area contributed by atoms with Gasteiger partial charge in [0.15, 0.2) is 0 Å². The van der Waals surface area contributed by atoms with Gasteiger partial charge in [-0.2, -0.15) is 0 Å². The van der Waals surface area contributed by atoms with E-state index >= 15 is 0 Å². The summed E-state index contributed by atoms with van der Waals surface area (Å²) in [5, 5.41) is 26.9. The molecule has 0 aliphatic rings. The van der Waals surface area contributed by atoms with Crippen LogP contribution in [0.4, 0.5) is 0 Å². The lowest BCUT2D eigenvalue weighted by Crippen LogP contribution is -2.56. The predicted molar refractivity (Wildman–Crippen MR) is 163 cm³/mol. The van der Waals surface area contributed by atoms with E-state index in [2.05, 4.69) is 25.5 Å². The molecule has 0 saturated carbocycles. The third-order valence-electron chi connectivity index (χ3n) is 7.16. The van der Waals surface area contributed by atoms with Gasteiger partial charge in [-0.05, 0) is 75.5 Å². The van der Waals surface area contributed by atoms with Gasteiger partial charge in [-0.1, -0.05) is 38.1 Å². The van der Waals surface area contributed by atoms with Crippen LogP contribution in [0, 0.1) is 12.8 Å². The summed E-state index contributed by atoms with van der Waals surface area (Å²) in [6.45, 7) is 6.32. The summed E-state index contributed by atoms with van der Waals surface area (Å²) < 4.78 is 2.13. The molecule has 12 heteroatoms. The van der Waals surface area contributed by atoms with Crippen molar-refractivity contribution < 1.29 is 29.4 Å². The molecular formula is C31H48N6O6. The standard InChI is InChI=1S/C31H48N6O6/c1-21(2)18-26(31(42)43)36-29(40)25(9-4-6-14-32)35-30(41)27(20-38)34-28(39)19-24-12-10-23(11-13-24)8-5-7-16-37-17-15-33-22(37)3/h10-13,15,17,21,25-27,38H,4-9,14,16,18-20,32H2,1-3H3,(H,34,39)(H,35,41)(H,36,40)(H,42,43)/t25-,26-,27-/m0/s1. The number of nitrogens with two attached hydrogens (primary N) is 1. The van der Waals surface area contributed by atoms with E-state index in [-0.39, 0.29) is 25.2 Å². The molecule has 0 unspecified atom stereocenters. The molecule has 3 atom stereocenters. The number of benzene rings is 1. The summed E-state index contributed by atoms with van der Waals surface area (Å²) in [7, 11) is 0. The zero-order chi connectivity index (χ0) is 31.8. The summed E-state index contributed by atoms with van der Waals surface area (Å²) >= 11 is 0. The molecule has 7 N–H and O–H groups in total. The smallest absolute Gasteiger partial charge is 0.326 e. The van der Waals surface area contributed by atoms with Gasteiger partial charge in [-0.15, -0.1) is 0 Å². The number of imidazole rings is 1. The monoisotopic (exact) mass is 600 g/mol. The van der Waals surface area contributed by atoms with Crippen LogP contribution in [-0.4, -0.2) is 74.7 Å². The van der Waals surface area contributed by atoms with Crippen molar-refractivity contribution in [2.75, 3.05) is 13.2 Å². The summed E-state index contributed by atoms with van der Waals surface area (Å²) in [5.74, 6) is -1.96. The van der Waals surface area contributed by atoms with Crippen molar-refractivity contribution in [2.45, 2.75) is 96.8 Å². The maximum Gasteiger partial charge on any atom is 0.326 e. The molecule has 1 heterocycles. The molecule has 12 nitrogen and oxygen atoms in total. The van der Waals surface area contributed by atoms with Gasteiger partial charge in [-0.25, -0.2) is 9.78 Å². The van der Waals surface area contributed by atoms with E-state index < -0.39 is 48.4 Å². The summed E-state index contributed by atoms with van der Waals surface area (Å²) in [6.07, 6.45) is 8.34. The highest BCUT2D eigenvalue weighted by molar-refractivity contribution is 5.93. The Bertz CT molecular complexity index is 1170. The number of rotatable bonds is 20. The van der Waals surface area contributed by atoms with E-state index in [1.807, 2.05) is 51.2 Å². The van der Waals surface area contributed by atoms with Crippen LogP contribution in [0.25, 0.3) is 0 Å². The fourth-order valence-corrected chi connectivity index (χ4v) is 4.70. The van der Waals surface area contributed by atoms with E-state index in [4.69, 9.17) is 5.73 Å². The minimum Gasteiger partial charge on any atom is -0.480 e. The first-order chi connectivity index (χ1) is 20.5. The molecular weight excluding hydrogens is 552 g/mol. The summed E-state index contributed by atoms with van der Waals surface area (Å²) in [5.41, 5.74) is 7.49. The molecule has 0 saturated heterocycles. The Morgan fingerprint density at radius 2 is 1.56 bits per heavy atom. The molecule has 0 bridgehead atoms. The SMILES string of the molecule is Cc1nccn1CCCCc1ccc(CC(=O)N[C@@H](CO)C(=O)N[C@@H](CCCCN)C(=O)N[C@@H](CC(C)C)C(=O)O)cc1. The quantitative estimate of drug-likeness (QED) is 0.123. The fraction of sp³-hybridized carbons (Fsp3) is 0.581. The van der Waals surface area contributed by atoms with E-state index in [9.17, 15) is 29.4 Å². The number of nitrogens with zero attached hydrogens (tertiary/aromatic N) is 2. The van der Waals surface area contributed by atoms with Crippen LogP contribution < -0.4 is 21.7 Å². The average molecular weight is 601 g/mol. The van der Waals surface area contributed by atoms with Crippen LogP contribution >= 0.6 is 0 Å². The van der Waals surface area contributed by atoms with Crippen molar-refractivity contribution >= 4 is 23.7 Å². The summed E-state index contributed by atoms with van der Waals surface area (Å²) in [4.78, 5) is 54.5. The van der Waals surface area contributed by atoms with Gasteiger partial charge < -0.3 is 36.5 Å². The van der Waals surface area contributed by atoms with Gasteiger partial charge in [0.1, 0.15) is 23.9 Å².